The van der Waals surface area contributed by atoms with E-state index in [-0.39, 0.29) is 11.8 Å². The van der Waals surface area contributed by atoms with E-state index in [0.29, 0.717) is 42.0 Å². The molecule has 1 aromatic heterocycles. The van der Waals surface area contributed by atoms with E-state index in [4.69, 9.17) is 0 Å². The van der Waals surface area contributed by atoms with Crippen molar-refractivity contribution in [3.63, 3.8) is 0 Å². The molecule has 3 rings (SSSR count). The van der Waals surface area contributed by atoms with E-state index in [9.17, 15) is 14.0 Å². The van der Waals surface area contributed by atoms with E-state index in [0.717, 1.165) is 12.7 Å². The predicted molar refractivity (Wildman–Crippen MR) is 91.2 cm³/mol. The summed E-state index contributed by atoms with van der Waals surface area (Å²) in [5.74, 6) is -0.279. The van der Waals surface area contributed by atoms with Crippen LogP contribution in [-0.2, 0) is 9.59 Å². The first kappa shape index (κ1) is 17.8. The van der Waals surface area contributed by atoms with Crippen LogP contribution in [0.2, 0.25) is 0 Å². The van der Waals surface area contributed by atoms with Crippen molar-refractivity contribution in [3.8, 4) is 11.3 Å². The molecule has 1 atom stereocenters. The normalized spacial score (nSPS) is 17.3. The van der Waals surface area contributed by atoms with Gasteiger partial charge in [-0.1, -0.05) is 20.3 Å². The molecule has 2 N–H and O–H groups in total. The number of carbonyl (C=O) groups excluding carboxylic acids is 2. The summed E-state index contributed by atoms with van der Waals surface area (Å²) in [4.78, 5) is 30.6. The number of amides is 1. The smallest absolute Gasteiger partial charge is 0.224 e. The lowest BCUT2D eigenvalue weighted by Crippen LogP contribution is -2.13. The summed E-state index contributed by atoms with van der Waals surface area (Å²) in [5.41, 5.74) is 1.71. The van der Waals surface area contributed by atoms with Crippen molar-refractivity contribution in [2.75, 3.05) is 5.32 Å². The van der Waals surface area contributed by atoms with Gasteiger partial charge in [0.2, 0.25) is 5.91 Å². The molecule has 6 heteroatoms. The summed E-state index contributed by atoms with van der Waals surface area (Å²) in [7, 11) is 0. The first-order valence-corrected chi connectivity index (χ1v) is 8.27. The van der Waals surface area contributed by atoms with Crippen LogP contribution in [0.3, 0.4) is 0 Å². The summed E-state index contributed by atoms with van der Waals surface area (Å²) in [6, 6.07) is 4.20. The number of halogens is 1. The third-order valence-electron chi connectivity index (χ3n) is 3.83. The van der Waals surface area contributed by atoms with Crippen molar-refractivity contribution in [2.45, 2.75) is 45.4 Å². The van der Waals surface area contributed by atoms with Crippen LogP contribution >= 0.6 is 0 Å². The molecule has 1 aliphatic heterocycles. The zero-order valence-corrected chi connectivity index (χ0v) is 13.9. The fourth-order valence-electron chi connectivity index (χ4n) is 2.65. The largest absolute Gasteiger partial charge is 0.341 e. The first-order chi connectivity index (χ1) is 11.7. The fraction of sp³-hybridized carbons (Fsp3) is 0.389. The summed E-state index contributed by atoms with van der Waals surface area (Å²) in [6.07, 6.45) is 4.91. The van der Waals surface area contributed by atoms with Crippen molar-refractivity contribution >= 4 is 17.9 Å². The van der Waals surface area contributed by atoms with Gasteiger partial charge in [0, 0.05) is 12.0 Å². The van der Waals surface area contributed by atoms with Crippen LogP contribution in [-0.4, -0.2) is 22.2 Å². The Morgan fingerprint density at radius 2 is 2.08 bits per heavy atom. The zero-order valence-electron chi connectivity index (χ0n) is 13.9. The van der Waals surface area contributed by atoms with Gasteiger partial charge in [-0.3, -0.25) is 4.79 Å². The van der Waals surface area contributed by atoms with Gasteiger partial charge < -0.3 is 15.1 Å². The molecule has 2 bridgehead atoms. The Morgan fingerprint density at radius 3 is 2.83 bits per heavy atom. The predicted octanol–water partition coefficient (Wildman–Crippen LogP) is 4.04. The number of aromatic amines is 1. The maximum atomic E-state index is 13.5. The summed E-state index contributed by atoms with van der Waals surface area (Å²) in [5, 5.41) is 2.75. The highest BCUT2D eigenvalue weighted by Crippen LogP contribution is 2.30. The first-order valence-electron chi connectivity index (χ1n) is 8.27. The monoisotopic (exact) mass is 331 g/mol. The molecule has 2 heterocycles. The number of nitrogens with zero attached hydrogens (tertiary/aromatic N) is 1. The van der Waals surface area contributed by atoms with Crippen LogP contribution in [0.4, 0.5) is 10.1 Å². The van der Waals surface area contributed by atoms with Crippen LogP contribution in [0, 0.1) is 5.82 Å². The number of benzene rings is 1. The van der Waals surface area contributed by atoms with E-state index >= 15 is 0 Å². The average Bonchev–Trinajstić information content (AvgIpc) is 3.06. The summed E-state index contributed by atoms with van der Waals surface area (Å²) >= 11 is 0. The molecular weight excluding hydrogens is 309 g/mol. The standard InChI is InChI=1S/C16H16FN3O2.C2H6/c17-11-5-6-12-13(7-11)19-15(22)4-2-1-3-10(9-21)16-18-8-14(12)20-16;1-2/h5-10H,1-4H2,(H,18,20)(H,19,22);1-2H3. The number of rotatable bonds is 1. The van der Waals surface area contributed by atoms with Crippen molar-refractivity contribution in [3.05, 3.63) is 36.0 Å². The van der Waals surface area contributed by atoms with E-state index in [1.54, 1.807) is 12.3 Å². The molecule has 5 nitrogen and oxygen atoms in total. The molecule has 1 amide bonds. The molecule has 1 aromatic carbocycles. The van der Waals surface area contributed by atoms with Crippen LogP contribution in [0.15, 0.2) is 24.4 Å². The van der Waals surface area contributed by atoms with Gasteiger partial charge in [-0.2, -0.15) is 0 Å². The number of nitrogens with one attached hydrogen (secondary N) is 2. The topological polar surface area (TPSA) is 74.8 Å². The second kappa shape index (κ2) is 8.38. The number of hydrogen-bond donors (Lipinski definition) is 2. The highest BCUT2D eigenvalue weighted by molar-refractivity contribution is 5.95. The lowest BCUT2D eigenvalue weighted by Gasteiger charge is -2.12. The Bertz CT molecular complexity index is 712. The van der Waals surface area contributed by atoms with Crippen molar-refractivity contribution < 1.29 is 14.0 Å². The second-order valence-electron chi connectivity index (χ2n) is 5.41. The van der Waals surface area contributed by atoms with Gasteiger partial charge in [0.05, 0.1) is 23.5 Å². The van der Waals surface area contributed by atoms with Crippen LogP contribution in [0.25, 0.3) is 11.3 Å². The van der Waals surface area contributed by atoms with Crippen LogP contribution < -0.4 is 5.32 Å². The molecule has 2 aromatic rings. The number of carbonyl (C=O) groups is 2. The lowest BCUT2D eigenvalue weighted by atomic mass is 10.0. The Hall–Kier alpha value is -2.50. The van der Waals surface area contributed by atoms with Gasteiger partial charge in [-0.15, -0.1) is 0 Å². The zero-order chi connectivity index (χ0) is 17.5. The maximum Gasteiger partial charge on any atom is 0.224 e. The average molecular weight is 331 g/mol. The minimum atomic E-state index is -0.420. The van der Waals surface area contributed by atoms with E-state index in [2.05, 4.69) is 15.3 Å². The van der Waals surface area contributed by atoms with Gasteiger partial charge in [0.15, 0.2) is 0 Å². The lowest BCUT2D eigenvalue weighted by molar-refractivity contribution is -0.116. The number of imidazole rings is 1. The minimum absolute atomic E-state index is 0.158. The summed E-state index contributed by atoms with van der Waals surface area (Å²) in [6.45, 7) is 4.00. The van der Waals surface area contributed by atoms with Gasteiger partial charge >= 0.3 is 0 Å². The maximum absolute atomic E-state index is 13.5. The van der Waals surface area contributed by atoms with Gasteiger partial charge in [-0.05, 0) is 31.0 Å². The molecule has 1 unspecified atom stereocenters. The Balaban J connectivity index is 0.00000100. The number of H-pyrrole nitrogens is 1. The van der Waals surface area contributed by atoms with Crippen LogP contribution in [0.1, 0.15) is 51.3 Å². The third kappa shape index (κ3) is 4.07. The molecule has 0 spiro atoms. The quantitative estimate of drug-likeness (QED) is 0.775. The van der Waals surface area contributed by atoms with E-state index in [1.807, 2.05) is 13.8 Å². The Kier molecular flexibility index (Phi) is 6.23. The molecule has 0 saturated heterocycles. The molecule has 0 fully saturated rings. The molecule has 0 radical (unpaired) electrons. The molecule has 128 valence electrons. The van der Waals surface area contributed by atoms with Crippen LogP contribution in [0.5, 0.6) is 0 Å². The number of aromatic nitrogens is 2. The second-order valence-corrected chi connectivity index (χ2v) is 5.41. The number of anilines is 1. The Morgan fingerprint density at radius 1 is 1.29 bits per heavy atom. The SMILES string of the molecule is CC.O=CC1CCCCC(=O)Nc2cc(F)ccc2-c2cnc1[nH]2. The molecule has 0 aliphatic carbocycles. The highest BCUT2D eigenvalue weighted by Gasteiger charge is 2.18. The Labute approximate surface area is 140 Å². The van der Waals surface area contributed by atoms with Crippen molar-refractivity contribution in [1.29, 1.82) is 0 Å². The molecule has 0 saturated carbocycles. The minimum Gasteiger partial charge on any atom is -0.341 e. The van der Waals surface area contributed by atoms with E-state index < -0.39 is 5.82 Å². The van der Waals surface area contributed by atoms with Crippen molar-refractivity contribution in [1.82, 2.24) is 9.97 Å². The fourth-order valence-corrected chi connectivity index (χ4v) is 2.65. The van der Waals surface area contributed by atoms with E-state index in [1.165, 1.54) is 12.1 Å². The molecule has 24 heavy (non-hydrogen) atoms. The third-order valence-corrected chi connectivity index (χ3v) is 3.83. The summed E-state index contributed by atoms with van der Waals surface area (Å²) < 4.78 is 13.5. The van der Waals surface area contributed by atoms with Crippen molar-refractivity contribution in [2.24, 2.45) is 0 Å². The number of aldehydes is 1. The highest BCUT2D eigenvalue weighted by atomic mass is 19.1. The van der Waals surface area contributed by atoms with Gasteiger partial charge in [-0.25, -0.2) is 9.37 Å². The number of hydrogen-bond acceptors (Lipinski definition) is 3. The molecule has 1 aliphatic rings. The number of fused-ring (bicyclic) bond motifs is 4. The molecular formula is C18H22FN3O2. The van der Waals surface area contributed by atoms with Gasteiger partial charge in [0.25, 0.3) is 0 Å². The van der Waals surface area contributed by atoms with Gasteiger partial charge in [0.1, 0.15) is 17.9 Å².